The van der Waals surface area contributed by atoms with Crippen molar-refractivity contribution in [1.82, 2.24) is 20.1 Å². The predicted molar refractivity (Wildman–Crippen MR) is 155 cm³/mol. The molecule has 2 amide bonds. The number of carbonyl (C=O) groups excluding carboxylic acids is 2. The maximum absolute atomic E-state index is 13.7. The van der Waals surface area contributed by atoms with E-state index in [-0.39, 0.29) is 12.0 Å². The monoisotopic (exact) mass is 552 g/mol. The molecule has 1 atom stereocenters. The zero-order chi connectivity index (χ0) is 28.8. The average Bonchev–Trinajstić information content (AvgIpc) is 3.70. The maximum atomic E-state index is 13.7. The predicted octanol–water partition coefficient (Wildman–Crippen LogP) is 3.82. The first-order chi connectivity index (χ1) is 19.9. The molecule has 0 saturated carbocycles. The largest absolute Gasteiger partial charge is 0.447 e. The number of amides is 2. The van der Waals surface area contributed by atoms with Crippen molar-refractivity contribution in [1.29, 1.82) is 0 Å². The van der Waals surface area contributed by atoms with Crippen molar-refractivity contribution in [2.24, 2.45) is 5.73 Å². The summed E-state index contributed by atoms with van der Waals surface area (Å²) in [4.78, 5) is 33.0. The van der Waals surface area contributed by atoms with Crippen LogP contribution in [0.3, 0.4) is 0 Å². The third-order valence-corrected chi connectivity index (χ3v) is 7.06. The van der Waals surface area contributed by atoms with Gasteiger partial charge in [-0.05, 0) is 49.7 Å². The molecule has 0 aliphatic carbocycles. The van der Waals surface area contributed by atoms with Crippen molar-refractivity contribution in [2.45, 2.75) is 32.1 Å². The van der Waals surface area contributed by atoms with Gasteiger partial charge in [0.25, 0.3) is 5.91 Å². The van der Waals surface area contributed by atoms with Gasteiger partial charge in [0.05, 0.1) is 11.3 Å². The van der Waals surface area contributed by atoms with E-state index in [9.17, 15) is 9.59 Å². The summed E-state index contributed by atoms with van der Waals surface area (Å²) in [5, 5.41) is 7.61. The number of nitrogens with two attached hydrogens (primary N) is 1. The number of rotatable bonds is 11. The first-order valence-corrected chi connectivity index (χ1v) is 13.5. The Morgan fingerprint density at radius 1 is 0.976 bits per heavy atom. The summed E-state index contributed by atoms with van der Waals surface area (Å²) in [5.74, 6) is -2.92. The van der Waals surface area contributed by atoms with Crippen LogP contribution in [0.15, 0.2) is 97.7 Å². The van der Waals surface area contributed by atoms with Crippen LogP contribution in [0.5, 0.6) is 0 Å². The van der Waals surface area contributed by atoms with Gasteiger partial charge in [-0.3, -0.25) is 9.59 Å². The van der Waals surface area contributed by atoms with E-state index in [1.807, 2.05) is 48.5 Å². The van der Waals surface area contributed by atoms with Crippen molar-refractivity contribution >= 4 is 17.5 Å². The lowest BCUT2D eigenvalue weighted by molar-refractivity contribution is -0.182. The van der Waals surface area contributed by atoms with Crippen LogP contribution in [-0.2, 0) is 20.7 Å². The summed E-state index contributed by atoms with van der Waals surface area (Å²) in [6.07, 6.45) is 6.05. The van der Waals surface area contributed by atoms with E-state index in [0.717, 1.165) is 35.6 Å². The first-order valence-electron chi connectivity index (χ1n) is 13.5. The fourth-order valence-corrected chi connectivity index (χ4v) is 4.89. The summed E-state index contributed by atoms with van der Waals surface area (Å²) in [6, 6.07) is 21.8. The lowest BCUT2D eigenvalue weighted by Gasteiger charge is -2.33. The fraction of sp³-hybridized carbons (Fsp3) is 0.226. The van der Waals surface area contributed by atoms with E-state index in [4.69, 9.17) is 20.3 Å². The number of hydrogen-bond donors (Lipinski definition) is 2. The number of aromatic nitrogens is 3. The van der Waals surface area contributed by atoms with Gasteiger partial charge >= 0.3 is 11.7 Å². The topological polar surface area (TPSA) is 125 Å². The second-order valence-corrected chi connectivity index (χ2v) is 9.49. The number of benzene rings is 2. The Labute approximate surface area is 238 Å². The summed E-state index contributed by atoms with van der Waals surface area (Å²) in [7, 11) is 0. The molecule has 4 aromatic rings. The molecule has 2 aromatic heterocycles. The van der Waals surface area contributed by atoms with Crippen LogP contribution in [0.2, 0.25) is 0 Å². The molecular weight excluding hydrogens is 520 g/mol. The molecule has 1 unspecified atom stereocenters. The number of nitrogens with one attached hydrogen (secondary N) is 1. The zero-order valence-corrected chi connectivity index (χ0v) is 22.9. The van der Waals surface area contributed by atoms with Gasteiger partial charge in [-0.25, -0.2) is 9.67 Å². The number of hydrogen-bond acceptors (Lipinski definition) is 7. The Kier molecular flexibility index (Phi) is 8.00. The Balaban J connectivity index is 1.42. The smallest absolute Gasteiger partial charge is 0.352 e. The standard InChI is InChI=1S/C31H32N6O4/c1-3-36(4-2)24-14-12-23(13-15-24)26-16-18-37(35-26)28-25(11-8-17-33-28)29(38)34-27(21-22-9-6-5-7-10-22)31(30(32)39)40-19-20-41-31/h5-20,27H,3-4,21H2,1-2H3,(H2,32,39)(H,34,38). The highest BCUT2D eigenvalue weighted by molar-refractivity contribution is 5.98. The summed E-state index contributed by atoms with van der Waals surface area (Å²) >= 11 is 0. The highest BCUT2D eigenvalue weighted by Crippen LogP contribution is 2.28. The number of ether oxygens (including phenoxy) is 2. The van der Waals surface area contributed by atoms with E-state index in [1.54, 1.807) is 29.2 Å². The number of primary amides is 1. The van der Waals surface area contributed by atoms with Crippen LogP contribution >= 0.6 is 0 Å². The van der Waals surface area contributed by atoms with Gasteiger partial charge in [-0.2, -0.15) is 5.10 Å². The average molecular weight is 553 g/mol. The van der Waals surface area contributed by atoms with Crippen LogP contribution in [0.25, 0.3) is 17.1 Å². The second kappa shape index (κ2) is 12.0. The molecule has 0 spiro atoms. The molecule has 10 heteroatoms. The highest BCUT2D eigenvalue weighted by atomic mass is 16.7. The summed E-state index contributed by atoms with van der Waals surface area (Å²) in [5.41, 5.74) is 9.64. The molecular formula is C31H32N6O4. The molecule has 0 bridgehead atoms. The van der Waals surface area contributed by atoms with E-state index in [0.29, 0.717) is 5.82 Å². The highest BCUT2D eigenvalue weighted by Gasteiger charge is 2.51. The molecule has 0 fully saturated rings. The minimum Gasteiger partial charge on any atom is -0.447 e. The lowest BCUT2D eigenvalue weighted by Crippen LogP contribution is -2.61. The van der Waals surface area contributed by atoms with Crippen LogP contribution in [0, 0.1) is 0 Å². The molecule has 1 aliphatic rings. The van der Waals surface area contributed by atoms with Crippen LogP contribution in [-0.4, -0.2) is 51.5 Å². The molecule has 5 rings (SSSR count). The van der Waals surface area contributed by atoms with E-state index >= 15 is 0 Å². The van der Waals surface area contributed by atoms with Crippen molar-refractivity contribution < 1.29 is 19.1 Å². The number of nitrogens with zero attached hydrogens (tertiary/aromatic N) is 4. The number of pyridine rings is 1. The summed E-state index contributed by atoms with van der Waals surface area (Å²) < 4.78 is 12.7. The van der Waals surface area contributed by atoms with E-state index < -0.39 is 23.6 Å². The zero-order valence-electron chi connectivity index (χ0n) is 22.9. The third kappa shape index (κ3) is 5.62. The van der Waals surface area contributed by atoms with Gasteiger partial charge in [-0.15, -0.1) is 0 Å². The molecule has 10 nitrogen and oxygen atoms in total. The van der Waals surface area contributed by atoms with Crippen molar-refractivity contribution in [3.8, 4) is 17.1 Å². The van der Waals surface area contributed by atoms with Crippen molar-refractivity contribution in [2.75, 3.05) is 18.0 Å². The maximum Gasteiger partial charge on any atom is 0.352 e. The minimum atomic E-state index is -1.90. The molecule has 1 aliphatic heterocycles. The van der Waals surface area contributed by atoms with Gasteiger partial charge in [0.15, 0.2) is 5.82 Å². The van der Waals surface area contributed by atoms with Crippen LogP contribution in [0.1, 0.15) is 29.8 Å². The molecule has 0 saturated heterocycles. The molecule has 3 N–H and O–H groups in total. The second-order valence-electron chi connectivity index (χ2n) is 9.49. The van der Waals surface area contributed by atoms with Crippen molar-refractivity contribution in [3.63, 3.8) is 0 Å². The summed E-state index contributed by atoms with van der Waals surface area (Å²) in [6.45, 7) is 6.11. The van der Waals surface area contributed by atoms with Crippen LogP contribution in [0.4, 0.5) is 5.69 Å². The molecule has 210 valence electrons. The lowest BCUT2D eigenvalue weighted by atomic mass is 9.97. The van der Waals surface area contributed by atoms with Gasteiger partial charge < -0.3 is 25.4 Å². The third-order valence-electron chi connectivity index (χ3n) is 7.06. The Hall–Kier alpha value is -5.12. The Morgan fingerprint density at radius 3 is 2.34 bits per heavy atom. The van der Waals surface area contributed by atoms with Gasteiger partial charge in [-0.1, -0.05) is 42.5 Å². The number of anilines is 1. The molecule has 3 heterocycles. The molecule has 0 radical (unpaired) electrons. The molecule has 41 heavy (non-hydrogen) atoms. The van der Waals surface area contributed by atoms with Gasteiger partial charge in [0.2, 0.25) is 0 Å². The Bertz CT molecular complexity index is 1520. The van der Waals surface area contributed by atoms with Crippen LogP contribution < -0.4 is 16.0 Å². The minimum absolute atomic E-state index is 0.224. The number of carbonyl (C=O) groups is 2. The van der Waals surface area contributed by atoms with E-state index in [1.165, 1.54) is 12.5 Å². The fourth-order valence-electron chi connectivity index (χ4n) is 4.89. The van der Waals surface area contributed by atoms with Gasteiger partial charge in [0, 0.05) is 43.2 Å². The SMILES string of the molecule is CCN(CC)c1ccc(-c2ccn(-c3ncccc3C(=O)NC(Cc3ccccc3)C3(C(N)=O)OC=CO3)n2)cc1. The van der Waals surface area contributed by atoms with Gasteiger partial charge in [0.1, 0.15) is 18.6 Å². The normalized spacial score (nSPS) is 14.1. The quantitative estimate of drug-likeness (QED) is 0.290. The van der Waals surface area contributed by atoms with E-state index in [2.05, 4.69) is 41.2 Å². The molecule has 2 aromatic carbocycles. The first kappa shape index (κ1) is 27.4. The Morgan fingerprint density at radius 2 is 1.68 bits per heavy atom. The van der Waals surface area contributed by atoms with Crippen molar-refractivity contribution in [3.05, 3.63) is 109 Å².